The van der Waals surface area contributed by atoms with Crippen molar-refractivity contribution in [3.63, 3.8) is 0 Å². The minimum atomic E-state index is -0.217. The average molecular weight is 333 g/mol. The standard InChI is InChI=1S/C18H27N3O3/c1-18(2)10-15(14-6-4-5-7-16(14)24-18)21-17(19-3)20-11-13-12-22-8-9-23-13/h4-7,13,15H,8-12H2,1-3H3,(H2,19,20,21). The van der Waals surface area contributed by atoms with E-state index in [9.17, 15) is 0 Å². The molecule has 0 spiro atoms. The average Bonchev–Trinajstić information content (AvgIpc) is 2.58. The number of hydrogen-bond donors (Lipinski definition) is 2. The maximum atomic E-state index is 6.08. The van der Waals surface area contributed by atoms with E-state index in [0.29, 0.717) is 26.4 Å². The molecule has 1 saturated heterocycles. The summed E-state index contributed by atoms with van der Waals surface area (Å²) in [6.07, 6.45) is 0.934. The van der Waals surface area contributed by atoms with Crippen molar-refractivity contribution in [2.45, 2.75) is 38.0 Å². The molecule has 0 amide bonds. The van der Waals surface area contributed by atoms with Gasteiger partial charge in [0.15, 0.2) is 5.96 Å². The van der Waals surface area contributed by atoms with Gasteiger partial charge in [0, 0.05) is 25.6 Å². The van der Waals surface area contributed by atoms with Gasteiger partial charge in [-0.1, -0.05) is 18.2 Å². The molecule has 2 unspecified atom stereocenters. The molecule has 2 aliphatic heterocycles. The molecule has 24 heavy (non-hydrogen) atoms. The third-order valence-corrected chi connectivity index (χ3v) is 4.29. The highest BCUT2D eigenvalue weighted by Crippen LogP contribution is 2.39. The topological polar surface area (TPSA) is 64.1 Å². The van der Waals surface area contributed by atoms with Crippen LogP contribution >= 0.6 is 0 Å². The van der Waals surface area contributed by atoms with Gasteiger partial charge in [0.2, 0.25) is 0 Å². The van der Waals surface area contributed by atoms with E-state index in [1.165, 1.54) is 0 Å². The fourth-order valence-corrected chi connectivity index (χ4v) is 3.16. The third-order valence-electron chi connectivity index (χ3n) is 4.29. The van der Waals surface area contributed by atoms with Gasteiger partial charge in [-0.3, -0.25) is 4.99 Å². The van der Waals surface area contributed by atoms with Crippen LogP contribution in [0.5, 0.6) is 5.75 Å². The molecule has 1 aromatic rings. The van der Waals surface area contributed by atoms with E-state index in [2.05, 4.69) is 35.5 Å². The Hall–Kier alpha value is -1.79. The SMILES string of the molecule is CN=C(NCC1COCCO1)NC1CC(C)(C)Oc2ccccc21. The molecule has 6 heteroatoms. The molecule has 1 aromatic carbocycles. The number of ether oxygens (including phenoxy) is 3. The Morgan fingerprint density at radius 3 is 2.88 bits per heavy atom. The van der Waals surface area contributed by atoms with Crippen LogP contribution in [0, 0.1) is 0 Å². The molecule has 0 aliphatic carbocycles. The monoisotopic (exact) mass is 333 g/mol. The van der Waals surface area contributed by atoms with Gasteiger partial charge in [0.1, 0.15) is 11.4 Å². The highest BCUT2D eigenvalue weighted by Gasteiger charge is 2.34. The van der Waals surface area contributed by atoms with Crippen LogP contribution in [0.25, 0.3) is 0 Å². The first kappa shape index (κ1) is 17.0. The molecule has 2 aliphatic rings. The van der Waals surface area contributed by atoms with Gasteiger partial charge >= 0.3 is 0 Å². The van der Waals surface area contributed by atoms with Crippen LogP contribution in [-0.2, 0) is 9.47 Å². The van der Waals surface area contributed by atoms with Crippen molar-refractivity contribution >= 4 is 5.96 Å². The van der Waals surface area contributed by atoms with Crippen LogP contribution in [0.4, 0.5) is 0 Å². The van der Waals surface area contributed by atoms with E-state index >= 15 is 0 Å². The molecule has 0 aromatic heterocycles. The minimum absolute atomic E-state index is 0.0655. The fourth-order valence-electron chi connectivity index (χ4n) is 3.16. The predicted octanol–water partition coefficient (Wildman–Crippen LogP) is 1.87. The summed E-state index contributed by atoms with van der Waals surface area (Å²) in [5, 5.41) is 6.86. The van der Waals surface area contributed by atoms with Gasteiger partial charge in [-0.15, -0.1) is 0 Å². The maximum Gasteiger partial charge on any atom is 0.191 e. The molecule has 2 atom stereocenters. The van der Waals surface area contributed by atoms with Crippen molar-refractivity contribution in [3.8, 4) is 5.75 Å². The van der Waals surface area contributed by atoms with Crippen LogP contribution in [-0.4, -0.2) is 51.1 Å². The molecule has 0 bridgehead atoms. The number of benzene rings is 1. The summed E-state index contributed by atoms with van der Waals surface area (Å²) in [5.41, 5.74) is 0.947. The molecule has 0 radical (unpaired) electrons. The van der Waals surface area contributed by atoms with Gasteiger partial charge in [0.05, 0.1) is 32.0 Å². The number of nitrogens with one attached hydrogen (secondary N) is 2. The molecular weight excluding hydrogens is 306 g/mol. The van der Waals surface area contributed by atoms with Crippen LogP contribution in [0.1, 0.15) is 31.9 Å². The molecule has 132 valence electrons. The van der Waals surface area contributed by atoms with Crippen LogP contribution in [0.15, 0.2) is 29.3 Å². The number of aliphatic imine (C=N–C) groups is 1. The molecule has 2 N–H and O–H groups in total. The summed E-state index contributed by atoms with van der Waals surface area (Å²) in [5.74, 6) is 1.70. The quantitative estimate of drug-likeness (QED) is 0.653. The fraction of sp³-hybridized carbons (Fsp3) is 0.611. The van der Waals surface area contributed by atoms with E-state index in [4.69, 9.17) is 14.2 Å². The summed E-state index contributed by atoms with van der Waals surface area (Å²) in [6.45, 7) is 6.85. The van der Waals surface area contributed by atoms with Crippen LogP contribution < -0.4 is 15.4 Å². The highest BCUT2D eigenvalue weighted by molar-refractivity contribution is 5.80. The first-order valence-corrected chi connectivity index (χ1v) is 8.52. The van der Waals surface area contributed by atoms with Gasteiger partial charge in [-0.05, 0) is 19.9 Å². The lowest BCUT2D eigenvalue weighted by Gasteiger charge is -2.38. The Bertz CT molecular complexity index is 583. The number of guanidine groups is 1. The zero-order valence-corrected chi connectivity index (χ0v) is 14.7. The van der Waals surface area contributed by atoms with Crippen molar-refractivity contribution in [2.75, 3.05) is 33.4 Å². The van der Waals surface area contributed by atoms with Crippen molar-refractivity contribution < 1.29 is 14.2 Å². The second-order valence-electron chi connectivity index (χ2n) is 6.82. The summed E-state index contributed by atoms with van der Waals surface area (Å²) >= 11 is 0. The number of para-hydroxylation sites is 1. The zero-order valence-electron chi connectivity index (χ0n) is 14.7. The number of nitrogens with zero attached hydrogens (tertiary/aromatic N) is 1. The van der Waals surface area contributed by atoms with Crippen LogP contribution in [0.2, 0.25) is 0 Å². The summed E-state index contributed by atoms with van der Waals surface area (Å²) in [4.78, 5) is 4.34. The van der Waals surface area contributed by atoms with E-state index in [1.807, 2.05) is 18.2 Å². The zero-order chi connectivity index (χ0) is 17.0. The van der Waals surface area contributed by atoms with Gasteiger partial charge in [-0.25, -0.2) is 0 Å². The smallest absolute Gasteiger partial charge is 0.191 e. The lowest BCUT2D eigenvalue weighted by atomic mass is 9.90. The van der Waals surface area contributed by atoms with Crippen molar-refractivity contribution in [3.05, 3.63) is 29.8 Å². The summed E-state index contributed by atoms with van der Waals surface area (Å²) in [6, 6.07) is 8.32. The molecule has 3 rings (SSSR count). The van der Waals surface area contributed by atoms with E-state index < -0.39 is 0 Å². The Morgan fingerprint density at radius 2 is 2.12 bits per heavy atom. The number of hydrogen-bond acceptors (Lipinski definition) is 4. The van der Waals surface area contributed by atoms with E-state index in [-0.39, 0.29) is 17.7 Å². The summed E-state index contributed by atoms with van der Waals surface area (Å²) < 4.78 is 17.2. The van der Waals surface area contributed by atoms with Crippen molar-refractivity contribution in [2.24, 2.45) is 4.99 Å². The second-order valence-corrected chi connectivity index (χ2v) is 6.82. The Morgan fingerprint density at radius 1 is 1.29 bits per heavy atom. The van der Waals surface area contributed by atoms with E-state index in [0.717, 1.165) is 23.7 Å². The third kappa shape index (κ3) is 4.19. The Kier molecular flexibility index (Phi) is 5.26. The first-order valence-electron chi connectivity index (χ1n) is 8.52. The normalized spacial score (nSPS) is 26.2. The Labute approximate surface area is 143 Å². The van der Waals surface area contributed by atoms with Crippen molar-refractivity contribution in [1.29, 1.82) is 0 Å². The molecule has 0 saturated carbocycles. The second kappa shape index (κ2) is 7.40. The van der Waals surface area contributed by atoms with E-state index in [1.54, 1.807) is 7.05 Å². The van der Waals surface area contributed by atoms with Crippen LogP contribution in [0.3, 0.4) is 0 Å². The molecule has 2 heterocycles. The lowest BCUT2D eigenvalue weighted by molar-refractivity contribution is -0.0850. The molecule has 6 nitrogen and oxygen atoms in total. The largest absolute Gasteiger partial charge is 0.487 e. The first-order chi connectivity index (χ1) is 11.6. The van der Waals surface area contributed by atoms with Crippen molar-refractivity contribution in [1.82, 2.24) is 10.6 Å². The maximum absolute atomic E-state index is 6.08. The Balaban J connectivity index is 1.64. The summed E-state index contributed by atoms with van der Waals surface area (Å²) in [7, 11) is 1.78. The number of fused-ring (bicyclic) bond motifs is 1. The van der Waals surface area contributed by atoms with Gasteiger partial charge in [-0.2, -0.15) is 0 Å². The van der Waals surface area contributed by atoms with Gasteiger partial charge in [0.25, 0.3) is 0 Å². The predicted molar refractivity (Wildman–Crippen MR) is 93.6 cm³/mol. The minimum Gasteiger partial charge on any atom is -0.487 e. The number of rotatable bonds is 3. The lowest BCUT2D eigenvalue weighted by Crippen LogP contribution is -2.48. The highest BCUT2D eigenvalue weighted by atomic mass is 16.6. The van der Waals surface area contributed by atoms with Gasteiger partial charge < -0.3 is 24.8 Å². The molecule has 1 fully saturated rings. The molecular formula is C18H27N3O3.